The maximum Gasteiger partial charge on any atom is 0.222 e. The Morgan fingerprint density at radius 3 is 2.38 bits per heavy atom. The molecule has 7 nitrogen and oxygen atoms in total. The molecule has 0 amide bonds. The predicted molar refractivity (Wildman–Crippen MR) is 125 cm³/mol. The summed E-state index contributed by atoms with van der Waals surface area (Å²) in [5, 5.41) is 51.2. The Hall–Kier alpha value is -3.09. The van der Waals surface area contributed by atoms with Gasteiger partial charge in [0.05, 0.1) is 6.61 Å². The van der Waals surface area contributed by atoms with Crippen molar-refractivity contribution >= 4 is 0 Å². The molecule has 4 rings (SSSR count). The molecule has 7 heteroatoms. The first-order valence-electron chi connectivity index (χ1n) is 11.0. The van der Waals surface area contributed by atoms with Gasteiger partial charge in [0, 0.05) is 29.1 Å². The van der Waals surface area contributed by atoms with Crippen LogP contribution in [0, 0.1) is 18.8 Å². The lowest BCUT2D eigenvalue weighted by Crippen LogP contribution is -2.63. The lowest BCUT2D eigenvalue weighted by atomic mass is 9.86. The number of nitrogens with zero attached hydrogens (tertiary/aromatic N) is 1. The lowest BCUT2D eigenvalue weighted by Gasteiger charge is -2.45. The molecule has 34 heavy (non-hydrogen) atoms. The summed E-state index contributed by atoms with van der Waals surface area (Å²) in [6, 6.07) is 16.6. The van der Waals surface area contributed by atoms with Crippen molar-refractivity contribution < 1.29 is 30.3 Å². The molecule has 0 radical (unpaired) electrons. The van der Waals surface area contributed by atoms with Crippen LogP contribution in [0.5, 0.6) is 0 Å². The molecule has 176 valence electrons. The maximum absolute atomic E-state index is 11.1. The highest BCUT2D eigenvalue weighted by Crippen LogP contribution is 2.37. The smallest absolute Gasteiger partial charge is 0.222 e. The average molecular weight is 462 g/mol. The molecule has 2 heterocycles. The van der Waals surface area contributed by atoms with Crippen molar-refractivity contribution in [3.63, 3.8) is 0 Å². The molecule has 3 aromatic rings. The normalized spacial score (nSPS) is 26.5. The highest BCUT2D eigenvalue weighted by molar-refractivity contribution is 5.44. The van der Waals surface area contributed by atoms with E-state index in [9.17, 15) is 25.5 Å². The first-order valence-corrected chi connectivity index (χ1v) is 11.0. The van der Waals surface area contributed by atoms with E-state index in [0.29, 0.717) is 6.42 Å². The highest BCUT2D eigenvalue weighted by atomic mass is 16.7. The minimum absolute atomic E-state index is 0.226. The van der Waals surface area contributed by atoms with E-state index >= 15 is 0 Å². The molecular weight excluding hydrogens is 434 g/mol. The Kier molecular flexibility index (Phi) is 7.10. The fraction of sp³-hybridized carbons (Fsp3) is 0.296. The average Bonchev–Trinajstić information content (AvgIpc) is 2.86. The van der Waals surface area contributed by atoms with Crippen LogP contribution in [0.1, 0.15) is 33.4 Å². The first-order chi connectivity index (χ1) is 16.3. The van der Waals surface area contributed by atoms with Crippen LogP contribution in [-0.2, 0) is 16.9 Å². The molecule has 0 bridgehead atoms. The molecule has 2 aromatic carbocycles. The standard InChI is InChI=1S/C27H27NO6/c1-17-4-11-22(27(33)26(32)25(31)24(30)23(16-29)34-27)14-21(17)13-19-8-5-18(6-9-19)7-10-20-3-2-12-28-15-20/h2-6,8-9,11-12,14-15,23-26,29-33H,13,16H2,1H3/t23-,24-,25+,26-,27-/m1/s1. The van der Waals surface area contributed by atoms with Crippen molar-refractivity contribution in [3.05, 3.63) is 100 Å². The van der Waals surface area contributed by atoms with Gasteiger partial charge in [-0.3, -0.25) is 4.98 Å². The van der Waals surface area contributed by atoms with Gasteiger partial charge in [-0.2, -0.15) is 0 Å². The molecule has 5 atom stereocenters. The summed E-state index contributed by atoms with van der Waals surface area (Å²) in [5.41, 5.74) is 4.81. The summed E-state index contributed by atoms with van der Waals surface area (Å²) in [6.07, 6.45) is -2.28. The second-order valence-corrected chi connectivity index (χ2v) is 8.47. The van der Waals surface area contributed by atoms with Crippen LogP contribution in [0.3, 0.4) is 0 Å². The molecule has 1 aliphatic rings. The molecule has 1 aliphatic heterocycles. The minimum Gasteiger partial charge on any atom is -0.394 e. The number of rotatable bonds is 4. The van der Waals surface area contributed by atoms with Crippen LogP contribution in [0.25, 0.3) is 0 Å². The number of hydrogen-bond donors (Lipinski definition) is 5. The van der Waals surface area contributed by atoms with Gasteiger partial charge >= 0.3 is 0 Å². The Morgan fingerprint density at radius 2 is 1.71 bits per heavy atom. The lowest BCUT2D eigenvalue weighted by molar-refractivity contribution is -0.357. The fourth-order valence-electron chi connectivity index (χ4n) is 3.98. The van der Waals surface area contributed by atoms with Crippen LogP contribution < -0.4 is 0 Å². The van der Waals surface area contributed by atoms with Crippen LogP contribution in [0.2, 0.25) is 0 Å². The van der Waals surface area contributed by atoms with Gasteiger partial charge in [-0.15, -0.1) is 0 Å². The molecular formula is C27H27NO6. The molecule has 0 aliphatic carbocycles. The minimum atomic E-state index is -2.28. The largest absolute Gasteiger partial charge is 0.394 e. The van der Waals surface area contributed by atoms with Gasteiger partial charge in [-0.05, 0) is 60.4 Å². The SMILES string of the molecule is Cc1ccc([C@@]2(O)O[C@H](CO)[C@@H](O)[C@H](O)[C@H]2O)cc1Cc1ccc(C#Cc2cccnc2)cc1. The van der Waals surface area contributed by atoms with Crippen LogP contribution in [0.15, 0.2) is 67.0 Å². The Morgan fingerprint density at radius 1 is 0.971 bits per heavy atom. The van der Waals surface area contributed by atoms with Crippen molar-refractivity contribution in [3.8, 4) is 11.8 Å². The van der Waals surface area contributed by atoms with Gasteiger partial charge in [-0.25, -0.2) is 0 Å². The van der Waals surface area contributed by atoms with Crippen LogP contribution >= 0.6 is 0 Å². The summed E-state index contributed by atoms with van der Waals surface area (Å²) in [7, 11) is 0. The van der Waals surface area contributed by atoms with Gasteiger partial charge < -0.3 is 30.3 Å². The van der Waals surface area contributed by atoms with Gasteiger partial charge in [0.1, 0.15) is 24.4 Å². The van der Waals surface area contributed by atoms with Crippen LogP contribution in [0.4, 0.5) is 0 Å². The van der Waals surface area contributed by atoms with E-state index < -0.39 is 36.8 Å². The van der Waals surface area contributed by atoms with E-state index in [-0.39, 0.29) is 5.56 Å². The maximum atomic E-state index is 11.1. The van der Waals surface area contributed by atoms with Crippen molar-refractivity contribution in [2.75, 3.05) is 6.61 Å². The molecule has 0 spiro atoms. The van der Waals surface area contributed by atoms with Crippen molar-refractivity contribution in [1.29, 1.82) is 0 Å². The molecule has 1 fully saturated rings. The van der Waals surface area contributed by atoms with E-state index in [1.54, 1.807) is 30.6 Å². The number of aryl methyl sites for hydroxylation is 1. The fourth-order valence-corrected chi connectivity index (χ4v) is 3.98. The number of aromatic nitrogens is 1. The monoisotopic (exact) mass is 461 g/mol. The second kappa shape index (κ2) is 10.0. The number of aliphatic hydroxyl groups excluding tert-OH is 4. The first kappa shape index (κ1) is 24.0. The molecule has 0 unspecified atom stereocenters. The zero-order chi connectivity index (χ0) is 24.3. The second-order valence-electron chi connectivity index (χ2n) is 8.47. The zero-order valence-corrected chi connectivity index (χ0v) is 18.7. The van der Waals surface area contributed by atoms with E-state index in [0.717, 1.165) is 27.8 Å². The molecule has 0 saturated carbocycles. The van der Waals surface area contributed by atoms with Gasteiger partial charge in [0.2, 0.25) is 5.79 Å². The van der Waals surface area contributed by atoms with Crippen molar-refractivity contribution in [2.24, 2.45) is 0 Å². The number of hydrogen-bond acceptors (Lipinski definition) is 7. The topological polar surface area (TPSA) is 123 Å². The van der Waals surface area contributed by atoms with E-state index in [4.69, 9.17) is 4.74 Å². The van der Waals surface area contributed by atoms with E-state index in [1.165, 1.54) is 0 Å². The third-order valence-electron chi connectivity index (χ3n) is 6.09. The molecule has 1 saturated heterocycles. The summed E-state index contributed by atoms with van der Waals surface area (Å²) in [5.74, 6) is 3.91. The van der Waals surface area contributed by atoms with Crippen molar-refractivity contribution in [2.45, 2.75) is 43.5 Å². The third kappa shape index (κ3) is 4.88. The Bertz CT molecular complexity index is 1190. The van der Waals surface area contributed by atoms with Gasteiger partial charge in [-0.1, -0.05) is 36.1 Å². The molecule has 5 N–H and O–H groups in total. The summed E-state index contributed by atoms with van der Waals surface area (Å²) < 4.78 is 5.45. The van der Waals surface area contributed by atoms with Crippen molar-refractivity contribution in [1.82, 2.24) is 4.98 Å². The third-order valence-corrected chi connectivity index (χ3v) is 6.09. The predicted octanol–water partition coefficient (Wildman–Crippen LogP) is 1.000. The quantitative estimate of drug-likeness (QED) is 0.367. The number of pyridine rings is 1. The Balaban J connectivity index is 1.55. The van der Waals surface area contributed by atoms with Gasteiger partial charge in [0.25, 0.3) is 0 Å². The Labute approximate surface area is 197 Å². The summed E-state index contributed by atoms with van der Waals surface area (Å²) in [6.45, 7) is 1.31. The van der Waals surface area contributed by atoms with E-state index in [2.05, 4.69) is 16.8 Å². The number of aliphatic hydroxyl groups is 5. The highest BCUT2D eigenvalue weighted by Gasteiger charge is 2.53. The number of benzene rings is 2. The van der Waals surface area contributed by atoms with Crippen LogP contribution in [-0.4, -0.2) is 61.5 Å². The van der Waals surface area contributed by atoms with E-state index in [1.807, 2.05) is 43.3 Å². The summed E-state index contributed by atoms with van der Waals surface area (Å²) in [4.78, 5) is 4.05. The number of ether oxygens (including phenoxy) is 1. The molecule has 1 aromatic heterocycles. The zero-order valence-electron chi connectivity index (χ0n) is 18.7. The summed E-state index contributed by atoms with van der Waals surface area (Å²) >= 11 is 0. The van der Waals surface area contributed by atoms with Gasteiger partial charge in [0.15, 0.2) is 0 Å².